The molecule has 6 nitrogen and oxygen atoms in total. The Hall–Kier alpha value is -2.63. The summed E-state index contributed by atoms with van der Waals surface area (Å²) in [4.78, 5) is 36.9. The zero-order valence-electron chi connectivity index (χ0n) is 16.1. The molecule has 1 aromatic carbocycles. The maximum absolute atomic E-state index is 12.4. The number of benzene rings is 1. The van der Waals surface area contributed by atoms with Crippen LogP contribution in [0.15, 0.2) is 39.5 Å². The van der Waals surface area contributed by atoms with Gasteiger partial charge in [0.15, 0.2) is 0 Å². The Labute approximate surface area is 163 Å². The SMILES string of the molecule is CC1CCC2CC(CCNC(=O)c3cc4ccccc4oc3=O)C(=O)NC2C1. The molecule has 2 aliphatic rings. The number of piperidine rings is 1. The molecular formula is C22H26N2O4. The normalized spacial score (nSPS) is 27.1. The van der Waals surface area contributed by atoms with Crippen LogP contribution in [-0.2, 0) is 4.79 Å². The molecule has 148 valence electrons. The van der Waals surface area contributed by atoms with Crippen molar-refractivity contribution in [3.05, 3.63) is 46.3 Å². The third kappa shape index (κ3) is 3.81. The molecule has 0 radical (unpaired) electrons. The molecule has 1 saturated heterocycles. The van der Waals surface area contributed by atoms with Gasteiger partial charge < -0.3 is 15.1 Å². The molecule has 2 heterocycles. The van der Waals surface area contributed by atoms with Crippen molar-refractivity contribution in [1.29, 1.82) is 0 Å². The Kier molecular flexibility index (Phi) is 5.20. The fraction of sp³-hybridized carbons (Fsp3) is 0.500. The van der Waals surface area contributed by atoms with E-state index in [0.717, 1.165) is 19.3 Å². The Morgan fingerprint density at radius 1 is 1.21 bits per heavy atom. The minimum atomic E-state index is -0.647. The molecule has 2 N–H and O–H groups in total. The van der Waals surface area contributed by atoms with Gasteiger partial charge in [0.25, 0.3) is 5.91 Å². The van der Waals surface area contributed by atoms with Crippen molar-refractivity contribution >= 4 is 22.8 Å². The Morgan fingerprint density at radius 2 is 2.04 bits per heavy atom. The molecule has 0 spiro atoms. The van der Waals surface area contributed by atoms with E-state index in [1.54, 1.807) is 24.3 Å². The predicted octanol–water partition coefficient (Wildman–Crippen LogP) is 2.85. The van der Waals surface area contributed by atoms with Gasteiger partial charge in [-0.25, -0.2) is 4.79 Å². The van der Waals surface area contributed by atoms with Gasteiger partial charge in [-0.3, -0.25) is 9.59 Å². The van der Waals surface area contributed by atoms with E-state index in [0.29, 0.717) is 41.8 Å². The van der Waals surface area contributed by atoms with E-state index in [1.807, 2.05) is 6.07 Å². The second-order valence-electron chi connectivity index (χ2n) is 8.26. The van der Waals surface area contributed by atoms with Gasteiger partial charge in [-0.1, -0.05) is 31.5 Å². The maximum Gasteiger partial charge on any atom is 0.349 e. The van der Waals surface area contributed by atoms with Crippen LogP contribution < -0.4 is 16.3 Å². The molecular weight excluding hydrogens is 356 g/mol. The summed E-state index contributed by atoms with van der Waals surface area (Å²) in [5.74, 6) is 0.769. The fourth-order valence-corrected chi connectivity index (χ4v) is 4.60. The number of hydrogen-bond acceptors (Lipinski definition) is 4. The predicted molar refractivity (Wildman–Crippen MR) is 106 cm³/mol. The molecule has 4 atom stereocenters. The summed E-state index contributed by atoms with van der Waals surface area (Å²) in [5.41, 5.74) is -0.196. The second-order valence-corrected chi connectivity index (χ2v) is 8.26. The fourth-order valence-electron chi connectivity index (χ4n) is 4.60. The van der Waals surface area contributed by atoms with Gasteiger partial charge in [0.1, 0.15) is 11.1 Å². The van der Waals surface area contributed by atoms with Crippen LogP contribution in [0, 0.1) is 17.8 Å². The van der Waals surface area contributed by atoms with Crippen LogP contribution in [-0.4, -0.2) is 24.4 Å². The Morgan fingerprint density at radius 3 is 2.89 bits per heavy atom. The first-order valence-electron chi connectivity index (χ1n) is 10.1. The van der Waals surface area contributed by atoms with Gasteiger partial charge >= 0.3 is 5.63 Å². The van der Waals surface area contributed by atoms with Crippen LogP contribution in [0.4, 0.5) is 0 Å². The average molecular weight is 382 g/mol. The van der Waals surface area contributed by atoms with Crippen molar-refractivity contribution in [3.63, 3.8) is 0 Å². The van der Waals surface area contributed by atoms with Gasteiger partial charge in [-0.15, -0.1) is 0 Å². The largest absolute Gasteiger partial charge is 0.422 e. The molecule has 4 unspecified atom stereocenters. The molecule has 2 fully saturated rings. The summed E-state index contributed by atoms with van der Waals surface area (Å²) in [6.45, 7) is 2.60. The third-order valence-corrected chi connectivity index (χ3v) is 6.21. The summed E-state index contributed by atoms with van der Waals surface area (Å²) in [6.07, 6.45) is 4.91. The Balaban J connectivity index is 1.35. The number of carbonyl (C=O) groups is 2. The van der Waals surface area contributed by atoms with E-state index in [9.17, 15) is 14.4 Å². The van der Waals surface area contributed by atoms with Gasteiger partial charge in [0, 0.05) is 23.9 Å². The lowest BCUT2D eigenvalue weighted by Crippen LogP contribution is -2.52. The van der Waals surface area contributed by atoms with Gasteiger partial charge in [0.05, 0.1) is 0 Å². The standard InChI is InChI=1S/C22H26N2O4/c1-13-6-7-14-11-16(20(25)24-18(14)10-13)8-9-23-21(26)17-12-15-4-2-3-5-19(15)28-22(17)27/h2-5,12-14,16,18H,6-11H2,1H3,(H,23,26)(H,24,25). The third-order valence-electron chi connectivity index (χ3n) is 6.21. The number of nitrogens with one attached hydrogen (secondary N) is 2. The number of carbonyl (C=O) groups excluding carboxylic acids is 2. The first kappa shape index (κ1) is 18.7. The van der Waals surface area contributed by atoms with Crippen molar-refractivity contribution in [2.75, 3.05) is 6.54 Å². The zero-order chi connectivity index (χ0) is 19.7. The van der Waals surface area contributed by atoms with Crippen molar-refractivity contribution in [3.8, 4) is 0 Å². The van der Waals surface area contributed by atoms with Crippen LogP contribution in [0.25, 0.3) is 11.0 Å². The van der Waals surface area contributed by atoms with E-state index >= 15 is 0 Å². The lowest BCUT2D eigenvalue weighted by molar-refractivity contribution is -0.130. The Bertz CT molecular complexity index is 951. The highest BCUT2D eigenvalue weighted by molar-refractivity contribution is 5.96. The van der Waals surface area contributed by atoms with E-state index in [2.05, 4.69) is 17.6 Å². The average Bonchev–Trinajstić information content (AvgIpc) is 2.67. The molecule has 6 heteroatoms. The minimum Gasteiger partial charge on any atom is -0.422 e. The highest BCUT2D eigenvalue weighted by Crippen LogP contribution is 2.36. The van der Waals surface area contributed by atoms with Crippen LogP contribution >= 0.6 is 0 Å². The zero-order valence-corrected chi connectivity index (χ0v) is 16.1. The van der Waals surface area contributed by atoms with Crippen LogP contribution in [0.1, 0.15) is 49.4 Å². The number of rotatable bonds is 4. The smallest absolute Gasteiger partial charge is 0.349 e. The van der Waals surface area contributed by atoms with Crippen molar-refractivity contribution in [1.82, 2.24) is 10.6 Å². The van der Waals surface area contributed by atoms with E-state index in [4.69, 9.17) is 4.42 Å². The number of fused-ring (bicyclic) bond motifs is 2. The highest BCUT2D eigenvalue weighted by Gasteiger charge is 2.38. The first-order chi connectivity index (χ1) is 13.5. The number of para-hydroxylation sites is 1. The van der Waals surface area contributed by atoms with Gasteiger partial charge in [0.2, 0.25) is 5.91 Å². The molecule has 4 rings (SSSR count). The second kappa shape index (κ2) is 7.78. The molecule has 2 aromatic rings. The van der Waals surface area contributed by atoms with Gasteiger partial charge in [-0.05, 0) is 49.7 Å². The summed E-state index contributed by atoms with van der Waals surface area (Å²) in [5, 5.41) is 6.66. The minimum absolute atomic E-state index is 0.00636. The van der Waals surface area contributed by atoms with Crippen molar-refractivity contribution in [2.45, 2.75) is 45.1 Å². The molecule has 0 bridgehead atoms. The quantitative estimate of drug-likeness (QED) is 0.796. The monoisotopic (exact) mass is 382 g/mol. The molecule has 1 aliphatic heterocycles. The van der Waals surface area contributed by atoms with Crippen molar-refractivity contribution in [2.24, 2.45) is 17.8 Å². The summed E-state index contributed by atoms with van der Waals surface area (Å²) < 4.78 is 5.21. The molecule has 1 saturated carbocycles. The highest BCUT2D eigenvalue weighted by atomic mass is 16.4. The van der Waals surface area contributed by atoms with Crippen LogP contribution in [0.3, 0.4) is 0 Å². The summed E-state index contributed by atoms with van der Waals surface area (Å²) in [6, 6.07) is 8.95. The molecule has 1 aliphatic carbocycles. The molecule has 28 heavy (non-hydrogen) atoms. The number of amides is 2. The van der Waals surface area contributed by atoms with Crippen LogP contribution in [0.5, 0.6) is 0 Å². The topological polar surface area (TPSA) is 88.4 Å². The van der Waals surface area contributed by atoms with E-state index in [1.165, 1.54) is 6.42 Å². The maximum atomic E-state index is 12.4. The summed E-state index contributed by atoms with van der Waals surface area (Å²) in [7, 11) is 0. The van der Waals surface area contributed by atoms with Crippen LogP contribution in [0.2, 0.25) is 0 Å². The van der Waals surface area contributed by atoms with Crippen molar-refractivity contribution < 1.29 is 14.0 Å². The summed E-state index contributed by atoms with van der Waals surface area (Å²) >= 11 is 0. The lowest BCUT2D eigenvalue weighted by atomic mass is 9.72. The number of hydrogen-bond donors (Lipinski definition) is 2. The first-order valence-corrected chi connectivity index (χ1v) is 10.1. The lowest BCUT2D eigenvalue weighted by Gasteiger charge is -2.41. The van der Waals surface area contributed by atoms with E-state index in [-0.39, 0.29) is 17.4 Å². The van der Waals surface area contributed by atoms with Gasteiger partial charge in [-0.2, -0.15) is 0 Å². The molecule has 1 aromatic heterocycles. The molecule has 2 amide bonds. The van der Waals surface area contributed by atoms with E-state index < -0.39 is 11.5 Å².